The first-order valence-corrected chi connectivity index (χ1v) is 10.8. The monoisotopic (exact) mass is 429 g/mol. The van der Waals surface area contributed by atoms with Crippen molar-refractivity contribution in [3.63, 3.8) is 0 Å². The summed E-state index contributed by atoms with van der Waals surface area (Å²) in [5.74, 6) is 0.583. The molecule has 162 valence electrons. The molecule has 0 spiro atoms. The zero-order valence-electron chi connectivity index (χ0n) is 17.7. The lowest BCUT2D eigenvalue weighted by Crippen LogP contribution is -2.48. The average Bonchev–Trinajstić information content (AvgIpc) is 3.28. The first-order valence-electron chi connectivity index (χ1n) is 10.8. The van der Waals surface area contributed by atoms with Crippen molar-refractivity contribution < 1.29 is 9.32 Å². The zero-order chi connectivity index (χ0) is 22.1. The number of aryl methyl sites for hydroxylation is 1. The van der Waals surface area contributed by atoms with Gasteiger partial charge in [-0.3, -0.25) is 9.59 Å². The highest BCUT2D eigenvalue weighted by molar-refractivity contribution is 6.05. The van der Waals surface area contributed by atoms with Crippen molar-refractivity contribution in [2.24, 2.45) is 0 Å². The Morgan fingerprint density at radius 1 is 1.00 bits per heavy atom. The molecule has 2 heterocycles. The third-order valence-corrected chi connectivity index (χ3v) is 6.04. The van der Waals surface area contributed by atoms with Gasteiger partial charge >= 0.3 is 0 Å². The Balaban J connectivity index is 1.63. The molecule has 4 aromatic rings. The molecule has 1 N–H and O–H groups in total. The van der Waals surface area contributed by atoms with E-state index in [1.54, 1.807) is 43.3 Å². The summed E-state index contributed by atoms with van der Waals surface area (Å²) >= 11 is 0. The highest BCUT2D eigenvalue weighted by Crippen LogP contribution is 2.36. The molecular weight excluding hydrogens is 406 g/mol. The lowest BCUT2D eigenvalue weighted by Gasteiger charge is -2.35. The van der Waals surface area contributed by atoms with Gasteiger partial charge in [-0.1, -0.05) is 60.8 Å². The van der Waals surface area contributed by atoms with Gasteiger partial charge in [0.25, 0.3) is 11.5 Å². The van der Waals surface area contributed by atoms with Crippen LogP contribution in [0, 0.1) is 6.92 Å². The van der Waals surface area contributed by atoms with Gasteiger partial charge in [0.15, 0.2) is 11.5 Å². The van der Waals surface area contributed by atoms with Crippen LogP contribution in [0.1, 0.15) is 54.3 Å². The van der Waals surface area contributed by atoms with Gasteiger partial charge in [-0.05, 0) is 31.0 Å². The molecule has 8 heteroatoms. The van der Waals surface area contributed by atoms with Gasteiger partial charge in [0, 0.05) is 12.3 Å². The Labute approximate surface area is 184 Å². The van der Waals surface area contributed by atoms with Crippen LogP contribution in [0.15, 0.2) is 63.9 Å². The molecule has 1 fully saturated rings. The summed E-state index contributed by atoms with van der Waals surface area (Å²) in [5, 5.41) is 12.7. The molecule has 0 radical (unpaired) electrons. The van der Waals surface area contributed by atoms with E-state index in [4.69, 9.17) is 4.52 Å². The second-order valence-electron chi connectivity index (χ2n) is 8.18. The summed E-state index contributed by atoms with van der Waals surface area (Å²) in [4.78, 5) is 31.2. The van der Waals surface area contributed by atoms with Crippen molar-refractivity contribution >= 4 is 16.7 Å². The van der Waals surface area contributed by atoms with Crippen molar-refractivity contribution in [2.75, 3.05) is 0 Å². The van der Waals surface area contributed by atoms with Crippen molar-refractivity contribution in [3.05, 3.63) is 82.4 Å². The van der Waals surface area contributed by atoms with Crippen LogP contribution in [0.25, 0.3) is 16.5 Å². The minimum Gasteiger partial charge on any atom is -0.340 e. The number of amides is 1. The second-order valence-corrected chi connectivity index (χ2v) is 8.18. The maximum atomic E-state index is 13.6. The quantitative estimate of drug-likeness (QED) is 0.531. The van der Waals surface area contributed by atoms with Gasteiger partial charge in [-0.2, -0.15) is 14.8 Å². The molecule has 0 atom stereocenters. The van der Waals surface area contributed by atoms with Crippen LogP contribution >= 0.6 is 0 Å². The van der Waals surface area contributed by atoms with Crippen molar-refractivity contribution in [2.45, 2.75) is 44.6 Å². The molecule has 1 aliphatic rings. The molecule has 1 amide bonds. The number of nitrogens with zero attached hydrogens (tertiary/aromatic N) is 4. The van der Waals surface area contributed by atoms with Crippen LogP contribution < -0.4 is 10.9 Å². The number of carbonyl (C=O) groups is 1. The summed E-state index contributed by atoms with van der Waals surface area (Å²) < 4.78 is 6.50. The molecule has 32 heavy (non-hydrogen) atoms. The van der Waals surface area contributed by atoms with E-state index in [0.29, 0.717) is 41.0 Å². The van der Waals surface area contributed by atoms with E-state index >= 15 is 0 Å². The maximum absolute atomic E-state index is 13.6. The fraction of sp³-hybridized carbons (Fsp3) is 0.292. The Hall–Kier alpha value is -3.81. The van der Waals surface area contributed by atoms with E-state index in [2.05, 4.69) is 20.6 Å². The summed E-state index contributed by atoms with van der Waals surface area (Å²) in [7, 11) is 0. The fourth-order valence-corrected chi connectivity index (χ4v) is 4.43. The van der Waals surface area contributed by atoms with E-state index in [-0.39, 0.29) is 17.2 Å². The number of rotatable bonds is 4. The van der Waals surface area contributed by atoms with Crippen LogP contribution in [-0.4, -0.2) is 25.8 Å². The smallest absolute Gasteiger partial charge is 0.279 e. The Kier molecular flexibility index (Phi) is 5.05. The molecule has 0 aliphatic heterocycles. The normalized spacial score (nSPS) is 15.5. The molecule has 0 bridgehead atoms. The van der Waals surface area contributed by atoms with Gasteiger partial charge in [0.05, 0.1) is 11.1 Å². The fourth-order valence-electron chi connectivity index (χ4n) is 4.43. The topological polar surface area (TPSA) is 103 Å². The Bertz CT molecular complexity index is 1340. The summed E-state index contributed by atoms with van der Waals surface area (Å²) in [6, 6.07) is 16.1. The Morgan fingerprint density at radius 2 is 1.69 bits per heavy atom. The van der Waals surface area contributed by atoms with Crippen molar-refractivity contribution in [1.82, 2.24) is 25.2 Å². The number of hydrogen-bond donors (Lipinski definition) is 1. The predicted octanol–water partition coefficient (Wildman–Crippen LogP) is 3.67. The Morgan fingerprint density at radius 3 is 2.38 bits per heavy atom. The van der Waals surface area contributed by atoms with E-state index in [1.165, 1.54) is 4.68 Å². The molecule has 2 aromatic carbocycles. The number of aromatic nitrogens is 4. The first kappa shape index (κ1) is 20.1. The highest BCUT2D eigenvalue weighted by Gasteiger charge is 2.40. The first-order chi connectivity index (χ1) is 15.6. The molecule has 8 nitrogen and oxygen atoms in total. The van der Waals surface area contributed by atoms with Crippen LogP contribution in [0.2, 0.25) is 0 Å². The van der Waals surface area contributed by atoms with Gasteiger partial charge in [-0.25, -0.2) is 0 Å². The van der Waals surface area contributed by atoms with E-state index < -0.39 is 5.54 Å². The standard InChI is InChI=1S/C24H23N5O3/c1-16-25-23(28-32-16)24(14-8-3-9-15-24)26-21(30)20-18-12-6-7-13-19(18)22(31)29(27-20)17-10-4-2-5-11-17/h2,4-7,10-13H,3,8-9,14-15H2,1H3,(H,26,30). The number of nitrogens with one attached hydrogen (secondary N) is 1. The van der Waals surface area contributed by atoms with E-state index in [0.717, 1.165) is 19.3 Å². The number of carbonyl (C=O) groups excluding carboxylic acids is 1. The van der Waals surface area contributed by atoms with Crippen LogP contribution in [0.5, 0.6) is 0 Å². The highest BCUT2D eigenvalue weighted by atomic mass is 16.5. The van der Waals surface area contributed by atoms with Gasteiger partial charge < -0.3 is 9.84 Å². The molecule has 2 aromatic heterocycles. The minimum atomic E-state index is -0.719. The molecular formula is C24H23N5O3. The largest absolute Gasteiger partial charge is 0.340 e. The van der Waals surface area contributed by atoms with Gasteiger partial charge in [0.2, 0.25) is 5.89 Å². The van der Waals surface area contributed by atoms with Crippen LogP contribution in [0.3, 0.4) is 0 Å². The number of hydrogen-bond acceptors (Lipinski definition) is 6. The molecule has 1 saturated carbocycles. The third-order valence-electron chi connectivity index (χ3n) is 6.04. The van der Waals surface area contributed by atoms with Crippen LogP contribution in [-0.2, 0) is 5.54 Å². The molecule has 5 rings (SSSR count). The zero-order valence-corrected chi connectivity index (χ0v) is 17.7. The molecule has 0 saturated heterocycles. The summed E-state index contributed by atoms with van der Waals surface area (Å²) in [6.07, 6.45) is 4.42. The van der Waals surface area contributed by atoms with Gasteiger partial charge in [0.1, 0.15) is 5.54 Å². The van der Waals surface area contributed by atoms with Gasteiger partial charge in [-0.15, -0.1) is 0 Å². The minimum absolute atomic E-state index is 0.189. The average molecular weight is 429 g/mol. The van der Waals surface area contributed by atoms with E-state index in [1.807, 2.05) is 18.2 Å². The number of fused-ring (bicyclic) bond motifs is 1. The molecule has 0 unspecified atom stereocenters. The summed E-state index contributed by atoms with van der Waals surface area (Å²) in [6.45, 7) is 1.74. The van der Waals surface area contributed by atoms with Crippen LogP contribution in [0.4, 0.5) is 0 Å². The summed E-state index contributed by atoms with van der Waals surface area (Å²) in [5.41, 5.74) is -0.207. The van der Waals surface area contributed by atoms with Crippen molar-refractivity contribution in [1.29, 1.82) is 0 Å². The van der Waals surface area contributed by atoms with E-state index in [9.17, 15) is 9.59 Å². The SMILES string of the molecule is Cc1nc(C2(NC(=O)c3nn(-c4ccccc4)c(=O)c4ccccc34)CCCCC2)no1. The number of benzene rings is 2. The predicted molar refractivity (Wildman–Crippen MR) is 119 cm³/mol. The number of para-hydroxylation sites is 1. The lowest BCUT2D eigenvalue weighted by molar-refractivity contribution is 0.0850. The second kappa shape index (κ2) is 8.03. The third kappa shape index (κ3) is 3.47. The van der Waals surface area contributed by atoms with Crippen molar-refractivity contribution in [3.8, 4) is 5.69 Å². The lowest BCUT2D eigenvalue weighted by atomic mass is 9.80. The molecule has 1 aliphatic carbocycles. The maximum Gasteiger partial charge on any atom is 0.279 e.